The van der Waals surface area contributed by atoms with Crippen molar-refractivity contribution in [2.75, 3.05) is 20.3 Å². The predicted molar refractivity (Wildman–Crippen MR) is 96.6 cm³/mol. The van der Waals surface area contributed by atoms with Crippen LogP contribution >= 0.6 is 0 Å². The van der Waals surface area contributed by atoms with Crippen LogP contribution in [0.15, 0.2) is 53.6 Å². The maximum Gasteiger partial charge on any atom is 0.337 e. The van der Waals surface area contributed by atoms with E-state index in [2.05, 4.69) is 15.3 Å². The number of methoxy groups -OCH3 is 1. The highest BCUT2D eigenvalue weighted by Crippen LogP contribution is 2.26. The molecule has 0 radical (unpaired) electrons. The SMILES string of the molecule is CCOc1ccccc1OCC(=O)NN=Cc1ccc(C(=O)OC)cc1. The number of hydrazone groups is 1. The van der Waals surface area contributed by atoms with Gasteiger partial charge in [-0.2, -0.15) is 5.10 Å². The zero-order valence-corrected chi connectivity index (χ0v) is 14.6. The molecule has 1 amide bonds. The number of esters is 1. The van der Waals surface area contributed by atoms with Gasteiger partial charge in [-0.05, 0) is 36.8 Å². The monoisotopic (exact) mass is 356 g/mol. The average Bonchev–Trinajstić information content (AvgIpc) is 2.67. The number of amides is 1. The maximum atomic E-state index is 11.8. The fourth-order valence-electron chi connectivity index (χ4n) is 2.02. The second kappa shape index (κ2) is 9.83. The van der Waals surface area contributed by atoms with Crippen LogP contribution in [0, 0.1) is 0 Å². The van der Waals surface area contributed by atoms with E-state index in [-0.39, 0.29) is 6.61 Å². The summed E-state index contributed by atoms with van der Waals surface area (Å²) in [6.45, 7) is 2.18. The van der Waals surface area contributed by atoms with E-state index in [1.165, 1.54) is 13.3 Å². The molecule has 0 aromatic heterocycles. The summed E-state index contributed by atoms with van der Waals surface area (Å²) in [5.74, 6) is 0.258. The summed E-state index contributed by atoms with van der Waals surface area (Å²) in [6, 6.07) is 13.7. The molecule has 136 valence electrons. The molecule has 2 rings (SSSR count). The van der Waals surface area contributed by atoms with Gasteiger partial charge in [-0.15, -0.1) is 0 Å². The molecule has 0 bridgehead atoms. The van der Waals surface area contributed by atoms with E-state index in [1.54, 1.807) is 42.5 Å². The molecule has 2 aromatic carbocycles. The molecule has 1 N–H and O–H groups in total. The fraction of sp³-hybridized carbons (Fsp3) is 0.211. The van der Waals surface area contributed by atoms with E-state index >= 15 is 0 Å². The second-order valence-electron chi connectivity index (χ2n) is 5.08. The standard InChI is InChI=1S/C19H20N2O5/c1-3-25-16-6-4-5-7-17(16)26-13-18(22)21-20-12-14-8-10-15(11-9-14)19(23)24-2/h4-12H,3,13H2,1-2H3,(H,21,22). The largest absolute Gasteiger partial charge is 0.490 e. The molecule has 0 spiro atoms. The summed E-state index contributed by atoms with van der Waals surface area (Å²) in [4.78, 5) is 23.2. The zero-order chi connectivity index (χ0) is 18.8. The Labute approximate surface area is 151 Å². The van der Waals surface area contributed by atoms with Crippen molar-refractivity contribution in [2.45, 2.75) is 6.92 Å². The van der Waals surface area contributed by atoms with Gasteiger partial charge in [0.25, 0.3) is 5.91 Å². The van der Waals surface area contributed by atoms with Crippen LogP contribution in [-0.2, 0) is 9.53 Å². The maximum absolute atomic E-state index is 11.8. The molecule has 0 aliphatic carbocycles. The van der Waals surface area contributed by atoms with Gasteiger partial charge in [0.05, 0.1) is 25.5 Å². The van der Waals surface area contributed by atoms with Gasteiger partial charge in [0.15, 0.2) is 18.1 Å². The van der Waals surface area contributed by atoms with Crippen molar-refractivity contribution in [3.8, 4) is 11.5 Å². The van der Waals surface area contributed by atoms with Crippen LogP contribution in [0.5, 0.6) is 11.5 Å². The summed E-state index contributed by atoms with van der Waals surface area (Å²) in [6.07, 6.45) is 1.47. The first-order chi connectivity index (χ1) is 12.6. The fourth-order valence-corrected chi connectivity index (χ4v) is 2.02. The van der Waals surface area contributed by atoms with Gasteiger partial charge in [0, 0.05) is 0 Å². The van der Waals surface area contributed by atoms with Crippen molar-refractivity contribution in [3.05, 3.63) is 59.7 Å². The van der Waals surface area contributed by atoms with Crippen molar-refractivity contribution in [1.29, 1.82) is 0 Å². The quantitative estimate of drug-likeness (QED) is 0.446. The lowest BCUT2D eigenvalue weighted by Crippen LogP contribution is -2.24. The number of nitrogens with one attached hydrogen (secondary N) is 1. The molecule has 0 aliphatic rings. The molecular formula is C19H20N2O5. The molecule has 0 atom stereocenters. The van der Waals surface area contributed by atoms with Crippen LogP contribution in [0.25, 0.3) is 0 Å². The minimum atomic E-state index is -0.411. The summed E-state index contributed by atoms with van der Waals surface area (Å²) >= 11 is 0. The van der Waals surface area contributed by atoms with Crippen molar-refractivity contribution in [1.82, 2.24) is 5.43 Å². The van der Waals surface area contributed by atoms with Crippen molar-refractivity contribution in [3.63, 3.8) is 0 Å². The minimum absolute atomic E-state index is 0.192. The number of ether oxygens (including phenoxy) is 3. The van der Waals surface area contributed by atoms with Crippen LogP contribution in [0.4, 0.5) is 0 Å². The molecule has 0 aliphatic heterocycles. The summed E-state index contributed by atoms with van der Waals surface area (Å²) < 4.78 is 15.5. The summed E-state index contributed by atoms with van der Waals surface area (Å²) in [7, 11) is 1.32. The number of rotatable bonds is 8. The Bertz CT molecular complexity index is 772. The van der Waals surface area contributed by atoms with Gasteiger partial charge in [-0.25, -0.2) is 10.2 Å². The van der Waals surface area contributed by atoms with E-state index in [1.807, 2.05) is 13.0 Å². The van der Waals surface area contributed by atoms with Crippen LogP contribution in [0.1, 0.15) is 22.8 Å². The molecule has 7 nitrogen and oxygen atoms in total. The number of nitrogens with zero attached hydrogens (tertiary/aromatic N) is 1. The molecular weight excluding hydrogens is 336 g/mol. The molecule has 7 heteroatoms. The first-order valence-electron chi connectivity index (χ1n) is 7.99. The Morgan fingerprint density at radius 1 is 1.04 bits per heavy atom. The van der Waals surface area contributed by atoms with Crippen molar-refractivity contribution < 1.29 is 23.8 Å². The van der Waals surface area contributed by atoms with Gasteiger partial charge >= 0.3 is 5.97 Å². The Morgan fingerprint density at radius 2 is 1.69 bits per heavy atom. The molecule has 26 heavy (non-hydrogen) atoms. The number of carbonyl (C=O) groups excluding carboxylic acids is 2. The molecule has 0 unspecified atom stereocenters. The first kappa shape index (κ1) is 19.0. The lowest BCUT2D eigenvalue weighted by Gasteiger charge is -2.10. The topological polar surface area (TPSA) is 86.2 Å². The summed E-state index contributed by atoms with van der Waals surface area (Å²) in [5.41, 5.74) is 3.54. The predicted octanol–water partition coefficient (Wildman–Crippen LogP) is 2.40. The Morgan fingerprint density at radius 3 is 2.31 bits per heavy atom. The lowest BCUT2D eigenvalue weighted by atomic mass is 10.1. The Kier molecular flexibility index (Phi) is 7.17. The van der Waals surface area contributed by atoms with Crippen LogP contribution in [0.3, 0.4) is 0 Å². The van der Waals surface area contributed by atoms with Gasteiger partial charge < -0.3 is 14.2 Å². The van der Waals surface area contributed by atoms with E-state index in [4.69, 9.17) is 9.47 Å². The van der Waals surface area contributed by atoms with Gasteiger partial charge in [-0.3, -0.25) is 4.79 Å². The van der Waals surface area contributed by atoms with Crippen molar-refractivity contribution in [2.24, 2.45) is 5.10 Å². The molecule has 2 aromatic rings. The van der Waals surface area contributed by atoms with E-state index in [0.29, 0.717) is 23.7 Å². The van der Waals surface area contributed by atoms with E-state index < -0.39 is 11.9 Å². The number of benzene rings is 2. The smallest absolute Gasteiger partial charge is 0.337 e. The highest BCUT2D eigenvalue weighted by atomic mass is 16.5. The number of hydrogen-bond donors (Lipinski definition) is 1. The van der Waals surface area contributed by atoms with Gasteiger partial charge in [0.2, 0.25) is 0 Å². The third-order valence-corrected chi connectivity index (χ3v) is 3.24. The van der Waals surface area contributed by atoms with Crippen molar-refractivity contribution >= 4 is 18.1 Å². The number of hydrogen-bond acceptors (Lipinski definition) is 6. The normalized spacial score (nSPS) is 10.4. The molecule has 0 saturated heterocycles. The van der Waals surface area contributed by atoms with Crippen LogP contribution in [0.2, 0.25) is 0 Å². The third-order valence-electron chi connectivity index (χ3n) is 3.24. The number of para-hydroxylation sites is 2. The third kappa shape index (κ3) is 5.62. The molecule has 0 heterocycles. The lowest BCUT2D eigenvalue weighted by molar-refractivity contribution is -0.123. The van der Waals surface area contributed by atoms with E-state index in [0.717, 1.165) is 5.56 Å². The highest BCUT2D eigenvalue weighted by Gasteiger charge is 2.07. The second-order valence-corrected chi connectivity index (χ2v) is 5.08. The first-order valence-corrected chi connectivity index (χ1v) is 7.99. The highest BCUT2D eigenvalue weighted by molar-refractivity contribution is 5.90. The van der Waals surface area contributed by atoms with Crippen LogP contribution in [-0.4, -0.2) is 38.4 Å². The average molecular weight is 356 g/mol. The summed E-state index contributed by atoms with van der Waals surface area (Å²) in [5, 5.41) is 3.86. The zero-order valence-electron chi connectivity index (χ0n) is 14.6. The van der Waals surface area contributed by atoms with Gasteiger partial charge in [-0.1, -0.05) is 24.3 Å². The van der Waals surface area contributed by atoms with Crippen LogP contribution < -0.4 is 14.9 Å². The number of carbonyl (C=O) groups is 2. The Balaban J connectivity index is 1.83. The minimum Gasteiger partial charge on any atom is -0.490 e. The van der Waals surface area contributed by atoms with Gasteiger partial charge in [0.1, 0.15) is 0 Å². The molecule has 0 saturated carbocycles. The van der Waals surface area contributed by atoms with E-state index in [9.17, 15) is 9.59 Å². The molecule has 0 fully saturated rings. The Hall–Kier alpha value is -3.35.